The number of nitrogen functional groups attached to an aromatic ring is 1. The molecule has 1 heterocycles. The van der Waals surface area contributed by atoms with Crippen molar-refractivity contribution >= 4 is 27.3 Å². The lowest BCUT2D eigenvalue weighted by Crippen LogP contribution is -2.26. The molecule has 1 aromatic carbocycles. The number of nitrogens with two attached hydrogens (primary N) is 1. The maximum atomic E-state index is 12.1. The summed E-state index contributed by atoms with van der Waals surface area (Å²) in [7, 11) is -3.63. The first kappa shape index (κ1) is 14.8. The summed E-state index contributed by atoms with van der Waals surface area (Å²) >= 11 is 5.95. The van der Waals surface area contributed by atoms with E-state index in [1.807, 2.05) is 0 Å². The van der Waals surface area contributed by atoms with Crippen molar-refractivity contribution in [1.82, 2.24) is 14.7 Å². The molecule has 0 atom stereocenters. The Bertz CT molecular complexity index is 675. The number of halogens is 1. The second-order valence-corrected chi connectivity index (χ2v) is 6.48. The van der Waals surface area contributed by atoms with E-state index in [0.29, 0.717) is 28.5 Å². The summed E-state index contributed by atoms with van der Waals surface area (Å²) in [5.74, 6) is 0.717. The van der Waals surface area contributed by atoms with Crippen molar-refractivity contribution in [3.05, 3.63) is 40.9 Å². The minimum Gasteiger partial charge on any atom is -0.398 e. The van der Waals surface area contributed by atoms with Crippen LogP contribution >= 0.6 is 11.6 Å². The number of nitrogens with one attached hydrogen (secondary N) is 2. The second-order valence-electron chi connectivity index (χ2n) is 4.30. The van der Waals surface area contributed by atoms with Crippen molar-refractivity contribution < 1.29 is 8.42 Å². The highest BCUT2D eigenvalue weighted by Crippen LogP contribution is 2.25. The zero-order chi connectivity index (χ0) is 14.8. The van der Waals surface area contributed by atoms with Gasteiger partial charge in [-0.3, -0.25) is 0 Å². The first-order chi connectivity index (χ1) is 9.40. The van der Waals surface area contributed by atoms with Crippen molar-refractivity contribution in [3.8, 4) is 0 Å². The van der Waals surface area contributed by atoms with Gasteiger partial charge in [-0.25, -0.2) is 18.1 Å². The van der Waals surface area contributed by atoms with E-state index < -0.39 is 10.0 Å². The lowest BCUT2D eigenvalue weighted by molar-refractivity contribution is 0.581. The van der Waals surface area contributed by atoms with E-state index in [0.717, 1.165) is 0 Å². The molecule has 0 amide bonds. The number of hydrogen-bond donors (Lipinski definition) is 3. The molecule has 0 aliphatic rings. The van der Waals surface area contributed by atoms with Crippen LogP contribution in [0.15, 0.2) is 29.4 Å². The van der Waals surface area contributed by atoms with E-state index in [1.54, 1.807) is 19.3 Å². The van der Waals surface area contributed by atoms with E-state index in [2.05, 4.69) is 14.7 Å². The highest BCUT2D eigenvalue weighted by molar-refractivity contribution is 7.89. The Kier molecular flexibility index (Phi) is 4.32. The molecule has 0 spiro atoms. The third kappa shape index (κ3) is 3.30. The summed E-state index contributed by atoms with van der Waals surface area (Å²) in [6, 6.07) is 2.79. The van der Waals surface area contributed by atoms with Gasteiger partial charge in [0, 0.05) is 36.1 Å². The third-order valence-electron chi connectivity index (χ3n) is 2.88. The molecule has 1 aromatic heterocycles. The number of H-pyrrole nitrogens is 1. The van der Waals surface area contributed by atoms with Gasteiger partial charge < -0.3 is 10.7 Å². The number of anilines is 1. The minimum atomic E-state index is -3.63. The molecular weight excluding hydrogens is 300 g/mol. The van der Waals surface area contributed by atoms with Gasteiger partial charge in [0.1, 0.15) is 5.82 Å². The molecule has 2 rings (SSSR count). The fraction of sp³-hybridized carbons (Fsp3) is 0.250. The van der Waals surface area contributed by atoms with E-state index in [9.17, 15) is 8.42 Å². The van der Waals surface area contributed by atoms with E-state index in [1.165, 1.54) is 12.1 Å². The highest BCUT2D eigenvalue weighted by Gasteiger charge is 2.16. The molecule has 0 aliphatic heterocycles. The largest absolute Gasteiger partial charge is 0.398 e. The Morgan fingerprint density at radius 3 is 2.80 bits per heavy atom. The zero-order valence-corrected chi connectivity index (χ0v) is 12.4. The standard InChI is InChI=1S/C12H15ClN4O2S/c1-8-10(13)6-9(7-11(8)14)20(18,19)17-3-2-12-15-4-5-16-12/h4-7,17H,2-3,14H2,1H3,(H,15,16). The second kappa shape index (κ2) is 5.82. The van der Waals surface area contributed by atoms with Gasteiger partial charge in [0.05, 0.1) is 4.90 Å². The number of hydrogen-bond acceptors (Lipinski definition) is 4. The zero-order valence-electron chi connectivity index (χ0n) is 10.9. The van der Waals surface area contributed by atoms with E-state index >= 15 is 0 Å². The lowest BCUT2D eigenvalue weighted by atomic mass is 10.2. The Hall–Kier alpha value is -1.57. The van der Waals surface area contributed by atoms with Gasteiger partial charge in [-0.2, -0.15) is 0 Å². The molecule has 0 saturated heterocycles. The summed E-state index contributed by atoms with van der Waals surface area (Å²) in [5, 5.41) is 0.330. The van der Waals surface area contributed by atoms with Gasteiger partial charge in [-0.1, -0.05) is 11.6 Å². The van der Waals surface area contributed by atoms with Crippen LogP contribution in [0.25, 0.3) is 0 Å². The maximum Gasteiger partial charge on any atom is 0.240 e. The molecule has 20 heavy (non-hydrogen) atoms. The van der Waals surface area contributed by atoms with E-state index in [4.69, 9.17) is 17.3 Å². The van der Waals surface area contributed by atoms with Gasteiger partial charge in [-0.05, 0) is 24.6 Å². The first-order valence-electron chi connectivity index (χ1n) is 5.93. The molecular formula is C12H15ClN4O2S. The SMILES string of the molecule is Cc1c(N)cc(S(=O)(=O)NCCc2ncc[nH]2)cc1Cl. The molecule has 0 radical (unpaired) electrons. The number of rotatable bonds is 5. The maximum absolute atomic E-state index is 12.1. The molecule has 4 N–H and O–H groups in total. The summed E-state index contributed by atoms with van der Waals surface area (Å²) < 4.78 is 26.7. The summed E-state index contributed by atoms with van der Waals surface area (Å²) in [6.07, 6.45) is 3.77. The van der Waals surface area contributed by atoms with Crippen LogP contribution in [0.3, 0.4) is 0 Å². The Morgan fingerprint density at radius 1 is 1.45 bits per heavy atom. The van der Waals surface area contributed by atoms with Crippen LogP contribution in [0.2, 0.25) is 5.02 Å². The minimum absolute atomic E-state index is 0.0602. The van der Waals surface area contributed by atoms with Gasteiger partial charge in [-0.15, -0.1) is 0 Å². The van der Waals surface area contributed by atoms with Crippen LogP contribution in [-0.2, 0) is 16.4 Å². The number of benzene rings is 1. The van der Waals surface area contributed by atoms with Crippen LogP contribution in [0.5, 0.6) is 0 Å². The quantitative estimate of drug-likeness (QED) is 0.727. The molecule has 0 fully saturated rings. The molecule has 108 valence electrons. The van der Waals surface area contributed by atoms with Gasteiger partial charge in [0.25, 0.3) is 0 Å². The van der Waals surface area contributed by atoms with Crippen molar-refractivity contribution in [2.45, 2.75) is 18.2 Å². The van der Waals surface area contributed by atoms with Crippen LogP contribution in [0, 0.1) is 6.92 Å². The molecule has 2 aromatic rings. The van der Waals surface area contributed by atoms with Crippen molar-refractivity contribution in [2.24, 2.45) is 0 Å². The Balaban J connectivity index is 2.10. The van der Waals surface area contributed by atoms with Crippen LogP contribution in [-0.4, -0.2) is 24.9 Å². The molecule has 0 saturated carbocycles. The average Bonchev–Trinajstić information content (AvgIpc) is 2.88. The van der Waals surface area contributed by atoms with E-state index in [-0.39, 0.29) is 11.4 Å². The fourth-order valence-corrected chi connectivity index (χ4v) is 3.04. The highest BCUT2D eigenvalue weighted by atomic mass is 35.5. The topological polar surface area (TPSA) is 101 Å². The Morgan fingerprint density at radius 2 is 2.20 bits per heavy atom. The summed E-state index contributed by atoms with van der Waals surface area (Å²) in [5.41, 5.74) is 6.75. The number of imidazole rings is 1. The number of aromatic nitrogens is 2. The molecule has 6 nitrogen and oxygen atoms in total. The fourth-order valence-electron chi connectivity index (χ4n) is 1.65. The molecule has 8 heteroatoms. The van der Waals surface area contributed by atoms with Gasteiger partial charge >= 0.3 is 0 Å². The predicted octanol–water partition coefficient (Wildman–Crippen LogP) is 1.47. The Labute approximate surface area is 122 Å². The lowest BCUT2D eigenvalue weighted by Gasteiger charge is -2.09. The van der Waals surface area contributed by atoms with Crippen molar-refractivity contribution in [3.63, 3.8) is 0 Å². The molecule has 0 bridgehead atoms. The normalized spacial score (nSPS) is 11.7. The van der Waals surface area contributed by atoms with Crippen LogP contribution in [0.4, 0.5) is 5.69 Å². The molecule has 0 aliphatic carbocycles. The van der Waals surface area contributed by atoms with Crippen molar-refractivity contribution in [2.75, 3.05) is 12.3 Å². The molecule has 0 unspecified atom stereocenters. The average molecular weight is 315 g/mol. The third-order valence-corrected chi connectivity index (χ3v) is 4.71. The smallest absolute Gasteiger partial charge is 0.240 e. The van der Waals surface area contributed by atoms with Crippen LogP contribution < -0.4 is 10.5 Å². The van der Waals surface area contributed by atoms with Gasteiger partial charge in [0.2, 0.25) is 10.0 Å². The summed E-state index contributed by atoms with van der Waals surface area (Å²) in [4.78, 5) is 6.98. The predicted molar refractivity (Wildman–Crippen MR) is 78.1 cm³/mol. The monoisotopic (exact) mass is 314 g/mol. The summed E-state index contributed by atoms with van der Waals surface area (Å²) in [6.45, 7) is 1.97. The van der Waals surface area contributed by atoms with Crippen LogP contribution in [0.1, 0.15) is 11.4 Å². The van der Waals surface area contributed by atoms with Gasteiger partial charge in [0.15, 0.2) is 0 Å². The first-order valence-corrected chi connectivity index (χ1v) is 7.80. The number of sulfonamides is 1. The number of nitrogens with zero attached hydrogens (tertiary/aromatic N) is 1. The number of aromatic amines is 1. The van der Waals surface area contributed by atoms with Crippen molar-refractivity contribution in [1.29, 1.82) is 0 Å².